The van der Waals surface area contributed by atoms with Crippen molar-refractivity contribution in [3.63, 3.8) is 0 Å². The van der Waals surface area contributed by atoms with Crippen LogP contribution in [0.4, 0.5) is 5.69 Å². The highest BCUT2D eigenvalue weighted by Crippen LogP contribution is 2.21. The van der Waals surface area contributed by atoms with Crippen molar-refractivity contribution in [2.45, 2.75) is 0 Å². The summed E-state index contributed by atoms with van der Waals surface area (Å²) in [6, 6.07) is 14.9. The molecule has 5 heteroatoms. The van der Waals surface area contributed by atoms with Crippen LogP contribution >= 0.6 is 22.6 Å². The van der Waals surface area contributed by atoms with E-state index in [0.29, 0.717) is 13.1 Å². The van der Waals surface area contributed by atoms with Gasteiger partial charge in [0.15, 0.2) is 0 Å². The Bertz CT molecular complexity index is 665. The third-order valence-corrected chi connectivity index (χ3v) is 4.57. The van der Waals surface area contributed by atoms with Crippen LogP contribution in [0.25, 0.3) is 0 Å². The zero-order valence-electron chi connectivity index (χ0n) is 12.1. The van der Waals surface area contributed by atoms with Crippen LogP contribution in [0, 0.1) is 3.57 Å². The van der Waals surface area contributed by atoms with E-state index in [1.807, 2.05) is 41.3 Å². The predicted molar refractivity (Wildman–Crippen MR) is 95.4 cm³/mol. The Morgan fingerprint density at radius 3 is 2.32 bits per heavy atom. The van der Waals surface area contributed by atoms with Gasteiger partial charge in [-0.15, -0.1) is 0 Å². The van der Waals surface area contributed by atoms with Crippen molar-refractivity contribution >= 4 is 34.2 Å². The number of hydrogen-bond acceptors (Lipinski definition) is 3. The number of phenols is 1. The first kappa shape index (κ1) is 15.1. The highest BCUT2D eigenvalue weighted by Gasteiger charge is 2.22. The lowest BCUT2D eigenvalue weighted by Crippen LogP contribution is -2.48. The van der Waals surface area contributed by atoms with Crippen LogP contribution in [0.15, 0.2) is 48.5 Å². The Kier molecular flexibility index (Phi) is 4.52. The van der Waals surface area contributed by atoms with Gasteiger partial charge in [0.25, 0.3) is 5.91 Å². The second kappa shape index (κ2) is 6.56. The number of carbonyl (C=O) groups excluding carboxylic acids is 1. The molecule has 1 amide bonds. The Morgan fingerprint density at radius 2 is 1.68 bits per heavy atom. The van der Waals surface area contributed by atoms with E-state index in [0.717, 1.165) is 27.9 Å². The molecule has 114 valence electrons. The summed E-state index contributed by atoms with van der Waals surface area (Å²) in [6.07, 6.45) is 0. The topological polar surface area (TPSA) is 43.8 Å². The molecule has 0 atom stereocenters. The minimum atomic E-state index is 0.0898. The number of hydrogen-bond donors (Lipinski definition) is 1. The first-order valence-electron chi connectivity index (χ1n) is 7.22. The number of halogens is 1. The molecule has 1 saturated heterocycles. The van der Waals surface area contributed by atoms with E-state index in [4.69, 9.17) is 0 Å². The molecule has 4 nitrogen and oxygen atoms in total. The fraction of sp³-hybridized carbons (Fsp3) is 0.235. The number of piperazine rings is 1. The van der Waals surface area contributed by atoms with Crippen LogP contribution in [-0.2, 0) is 0 Å². The molecule has 3 rings (SSSR count). The van der Waals surface area contributed by atoms with Gasteiger partial charge in [-0.2, -0.15) is 0 Å². The molecular formula is C17H17IN2O2. The van der Waals surface area contributed by atoms with E-state index in [2.05, 4.69) is 27.5 Å². The molecule has 1 heterocycles. The number of amides is 1. The second-order valence-electron chi connectivity index (χ2n) is 5.31. The number of phenolic OH excluding ortho intramolecular Hbond substituents is 1. The van der Waals surface area contributed by atoms with E-state index in [1.165, 1.54) is 0 Å². The van der Waals surface area contributed by atoms with Crippen molar-refractivity contribution in [2.75, 3.05) is 31.1 Å². The zero-order valence-corrected chi connectivity index (χ0v) is 14.2. The largest absolute Gasteiger partial charge is 0.508 e. The summed E-state index contributed by atoms with van der Waals surface area (Å²) in [5.41, 5.74) is 1.74. The van der Waals surface area contributed by atoms with Gasteiger partial charge in [0.2, 0.25) is 0 Å². The van der Waals surface area contributed by atoms with Crippen molar-refractivity contribution in [3.8, 4) is 5.75 Å². The monoisotopic (exact) mass is 408 g/mol. The maximum atomic E-state index is 12.5. The van der Waals surface area contributed by atoms with Crippen molar-refractivity contribution < 1.29 is 9.90 Å². The highest BCUT2D eigenvalue weighted by atomic mass is 127. The molecule has 0 radical (unpaired) electrons. The van der Waals surface area contributed by atoms with Crippen LogP contribution in [0.2, 0.25) is 0 Å². The summed E-state index contributed by atoms with van der Waals surface area (Å²) in [7, 11) is 0. The fourth-order valence-electron chi connectivity index (χ4n) is 2.63. The van der Waals surface area contributed by atoms with E-state index >= 15 is 0 Å². The molecule has 2 aromatic carbocycles. The number of anilines is 1. The van der Waals surface area contributed by atoms with Gasteiger partial charge in [-0.25, -0.2) is 0 Å². The molecule has 0 spiro atoms. The summed E-state index contributed by atoms with van der Waals surface area (Å²) in [4.78, 5) is 16.6. The molecule has 1 aliphatic heterocycles. The zero-order chi connectivity index (χ0) is 15.5. The predicted octanol–water partition coefficient (Wildman–Crippen LogP) is 2.96. The Morgan fingerprint density at radius 1 is 1.00 bits per heavy atom. The van der Waals surface area contributed by atoms with Gasteiger partial charge in [-0.1, -0.05) is 6.07 Å². The SMILES string of the molecule is O=C(c1ccc(I)cc1)N1CCN(c2cccc(O)c2)CC1. The van der Waals surface area contributed by atoms with Crippen LogP contribution in [0.1, 0.15) is 10.4 Å². The smallest absolute Gasteiger partial charge is 0.253 e. The molecule has 0 unspecified atom stereocenters. The van der Waals surface area contributed by atoms with Crippen LogP contribution < -0.4 is 4.90 Å². The molecule has 0 aromatic heterocycles. The average molecular weight is 408 g/mol. The number of aromatic hydroxyl groups is 1. The highest BCUT2D eigenvalue weighted by molar-refractivity contribution is 14.1. The number of benzene rings is 2. The third-order valence-electron chi connectivity index (χ3n) is 3.85. The molecule has 1 N–H and O–H groups in total. The Hall–Kier alpha value is -1.76. The lowest BCUT2D eigenvalue weighted by atomic mass is 10.1. The van der Waals surface area contributed by atoms with Gasteiger partial charge in [0.1, 0.15) is 5.75 Å². The molecule has 1 fully saturated rings. The maximum Gasteiger partial charge on any atom is 0.253 e. The first-order valence-corrected chi connectivity index (χ1v) is 8.30. The molecule has 1 aliphatic rings. The van der Waals surface area contributed by atoms with Gasteiger partial charge in [0.05, 0.1) is 0 Å². The van der Waals surface area contributed by atoms with Crippen molar-refractivity contribution in [1.29, 1.82) is 0 Å². The lowest BCUT2D eigenvalue weighted by molar-refractivity contribution is 0.0746. The van der Waals surface area contributed by atoms with Gasteiger partial charge in [-0.05, 0) is 59.0 Å². The van der Waals surface area contributed by atoms with Gasteiger partial charge < -0.3 is 14.9 Å². The average Bonchev–Trinajstić information content (AvgIpc) is 2.55. The van der Waals surface area contributed by atoms with E-state index in [1.54, 1.807) is 12.1 Å². The molecular weight excluding hydrogens is 391 g/mol. The third kappa shape index (κ3) is 3.35. The second-order valence-corrected chi connectivity index (χ2v) is 6.55. The summed E-state index contributed by atoms with van der Waals surface area (Å²) >= 11 is 2.23. The fourth-order valence-corrected chi connectivity index (χ4v) is 2.99. The molecule has 0 bridgehead atoms. The van der Waals surface area contributed by atoms with E-state index in [-0.39, 0.29) is 11.7 Å². The quantitative estimate of drug-likeness (QED) is 0.778. The summed E-state index contributed by atoms with van der Waals surface area (Å²) in [5, 5.41) is 9.56. The van der Waals surface area contributed by atoms with Crippen LogP contribution in [-0.4, -0.2) is 42.1 Å². The van der Waals surface area contributed by atoms with E-state index in [9.17, 15) is 9.90 Å². The number of carbonyl (C=O) groups is 1. The molecule has 22 heavy (non-hydrogen) atoms. The minimum absolute atomic E-state index is 0.0898. The van der Waals surface area contributed by atoms with Crippen molar-refractivity contribution in [3.05, 3.63) is 57.7 Å². The van der Waals surface area contributed by atoms with Crippen molar-refractivity contribution in [2.24, 2.45) is 0 Å². The first-order chi connectivity index (χ1) is 10.6. The normalized spacial score (nSPS) is 15.0. The summed E-state index contributed by atoms with van der Waals surface area (Å²) < 4.78 is 1.13. The van der Waals surface area contributed by atoms with Gasteiger partial charge in [-0.3, -0.25) is 4.79 Å². The van der Waals surface area contributed by atoms with Crippen LogP contribution in [0.5, 0.6) is 5.75 Å². The van der Waals surface area contributed by atoms with Gasteiger partial charge in [0, 0.05) is 47.1 Å². The van der Waals surface area contributed by atoms with Gasteiger partial charge >= 0.3 is 0 Å². The Labute approximate surface area is 143 Å². The number of rotatable bonds is 2. The van der Waals surface area contributed by atoms with E-state index < -0.39 is 0 Å². The standard InChI is InChI=1S/C17H17IN2O2/c18-14-6-4-13(5-7-14)17(22)20-10-8-19(9-11-20)15-2-1-3-16(21)12-15/h1-7,12,21H,8-11H2. The molecule has 0 aliphatic carbocycles. The summed E-state index contributed by atoms with van der Waals surface area (Å²) in [5.74, 6) is 0.363. The number of nitrogens with zero attached hydrogens (tertiary/aromatic N) is 2. The summed E-state index contributed by atoms with van der Waals surface area (Å²) in [6.45, 7) is 2.94. The molecule has 0 saturated carbocycles. The van der Waals surface area contributed by atoms with Crippen LogP contribution in [0.3, 0.4) is 0 Å². The van der Waals surface area contributed by atoms with Crippen molar-refractivity contribution in [1.82, 2.24) is 4.90 Å². The maximum absolute atomic E-state index is 12.5. The minimum Gasteiger partial charge on any atom is -0.508 e. The lowest BCUT2D eigenvalue weighted by Gasteiger charge is -2.36. The molecule has 2 aromatic rings. The Balaban J connectivity index is 1.64.